The first-order valence-electron chi connectivity index (χ1n) is 25.1. The third kappa shape index (κ3) is 7.44. The van der Waals surface area contributed by atoms with Gasteiger partial charge in [0.2, 0.25) is 11.9 Å². The van der Waals surface area contributed by atoms with Gasteiger partial charge < -0.3 is 25.8 Å². The summed E-state index contributed by atoms with van der Waals surface area (Å²) in [6, 6.07) is 41.5. The van der Waals surface area contributed by atoms with Crippen LogP contribution in [0, 0.1) is 11.8 Å². The van der Waals surface area contributed by atoms with Crippen LogP contribution in [0.5, 0.6) is 0 Å². The van der Waals surface area contributed by atoms with Gasteiger partial charge in [0.1, 0.15) is 17.3 Å². The van der Waals surface area contributed by atoms with Gasteiger partial charge >= 0.3 is 0 Å². The smallest absolute Gasteiger partial charge is 0.235 e. The molecule has 356 valence electrons. The number of aliphatic hydroxyl groups excluding tert-OH is 1. The highest BCUT2D eigenvalue weighted by molar-refractivity contribution is 6.20. The number of para-hydroxylation sites is 2. The standard InChI is InChI=1S/C63H52N8O2/c1-3-4-5-6-16-38-70(39-20-10-7-11-21-39)62-66-49-30-18-27-43-46(33-36-52(67-62)55(43)49)58-59(72)57(60(58)73-2)45-32-35-51-54-42(45)26-17-29-48(54)64-61(65-51)47-34-37-53-56-44(47)28-19-31-50(56)68-63(69-53)71(40-22-12-8-13-23-40)41-24-14-9-15-25-41/h3-4,7-8,10-14,16-38,42,45,64-65,72H,5-6,9,15H2,1-2H3,(H,66,67)/b4-3-,38-16+,61-47?. The van der Waals surface area contributed by atoms with Crippen LogP contribution in [-0.4, -0.2) is 28.1 Å². The van der Waals surface area contributed by atoms with Gasteiger partial charge in [-0.15, -0.1) is 0 Å². The van der Waals surface area contributed by atoms with Crippen LogP contribution in [0.25, 0.3) is 44.0 Å². The second-order valence-corrected chi connectivity index (χ2v) is 18.8. The number of benzene rings is 6. The van der Waals surface area contributed by atoms with Gasteiger partial charge in [-0.05, 0) is 122 Å². The van der Waals surface area contributed by atoms with Crippen LogP contribution in [0.3, 0.4) is 0 Å². The van der Waals surface area contributed by atoms with Gasteiger partial charge in [0.05, 0.1) is 35.1 Å². The van der Waals surface area contributed by atoms with E-state index < -0.39 is 0 Å². The van der Waals surface area contributed by atoms with Crippen LogP contribution >= 0.6 is 0 Å². The van der Waals surface area contributed by atoms with Crippen molar-refractivity contribution >= 4 is 78.6 Å². The number of hydrogen-bond acceptors (Lipinski definition) is 10. The minimum Gasteiger partial charge on any atom is -0.507 e. The van der Waals surface area contributed by atoms with Crippen molar-refractivity contribution in [3.8, 4) is 0 Å². The summed E-state index contributed by atoms with van der Waals surface area (Å²) in [5.41, 5.74) is 12.2. The maximum absolute atomic E-state index is 12.3. The summed E-state index contributed by atoms with van der Waals surface area (Å²) in [6.07, 6.45) is 29.9. The number of nitrogens with one attached hydrogen (secondary N) is 3. The van der Waals surface area contributed by atoms with Crippen molar-refractivity contribution in [3.63, 3.8) is 0 Å². The van der Waals surface area contributed by atoms with Crippen LogP contribution in [0.1, 0.15) is 38.2 Å². The van der Waals surface area contributed by atoms with E-state index >= 15 is 0 Å². The molecule has 1 aromatic heterocycles. The molecule has 10 heteroatoms. The highest BCUT2D eigenvalue weighted by Crippen LogP contribution is 2.53. The first-order chi connectivity index (χ1) is 36.1. The number of allylic oxidation sites excluding steroid dienone is 14. The van der Waals surface area contributed by atoms with Gasteiger partial charge in [0.15, 0.2) is 0 Å². The average Bonchev–Trinajstić information content (AvgIpc) is 3.43. The second kappa shape index (κ2) is 18.2. The molecule has 0 saturated heterocycles. The molecule has 3 heterocycles. The van der Waals surface area contributed by atoms with E-state index in [0.717, 1.165) is 126 Å². The van der Waals surface area contributed by atoms with Gasteiger partial charge in [-0.2, -0.15) is 0 Å². The van der Waals surface area contributed by atoms with Crippen molar-refractivity contribution in [2.45, 2.75) is 32.6 Å². The number of ether oxygens (including phenoxy) is 1. The normalized spacial score (nSPS) is 19.5. The second-order valence-electron chi connectivity index (χ2n) is 18.8. The molecule has 0 amide bonds. The Hall–Kier alpha value is -9.15. The molecule has 2 unspecified atom stereocenters. The fourth-order valence-electron chi connectivity index (χ4n) is 11.2. The number of methoxy groups -OCH3 is 1. The molecule has 13 rings (SSSR count). The summed E-state index contributed by atoms with van der Waals surface area (Å²) in [7, 11) is 1.70. The average molecular weight is 953 g/mol. The highest BCUT2D eigenvalue weighted by atomic mass is 16.5. The van der Waals surface area contributed by atoms with Crippen molar-refractivity contribution in [3.05, 3.63) is 245 Å². The highest BCUT2D eigenvalue weighted by Gasteiger charge is 2.43. The molecule has 0 saturated carbocycles. The van der Waals surface area contributed by atoms with Gasteiger partial charge in [0, 0.05) is 73.6 Å². The first kappa shape index (κ1) is 43.8. The summed E-state index contributed by atoms with van der Waals surface area (Å²) in [4.78, 5) is 19.9. The summed E-state index contributed by atoms with van der Waals surface area (Å²) < 4.78 is 6.25. The first-order valence-corrected chi connectivity index (χ1v) is 25.1. The molecule has 7 aromatic rings. The van der Waals surface area contributed by atoms with Crippen LogP contribution in [0.4, 0.5) is 28.7 Å². The predicted molar refractivity (Wildman–Crippen MR) is 298 cm³/mol. The quantitative estimate of drug-likeness (QED) is 0.0744. The van der Waals surface area contributed by atoms with Gasteiger partial charge in [0.25, 0.3) is 0 Å². The van der Waals surface area contributed by atoms with E-state index in [2.05, 4.69) is 196 Å². The summed E-state index contributed by atoms with van der Waals surface area (Å²) in [5.74, 6) is 2.94. The number of anilines is 4. The van der Waals surface area contributed by atoms with Crippen LogP contribution < -0.4 is 31.0 Å². The Kier molecular flexibility index (Phi) is 10.9. The van der Waals surface area contributed by atoms with E-state index in [1.165, 1.54) is 0 Å². The molecule has 4 N–H and O–H groups in total. The molecule has 6 aliphatic rings. The number of guanidine groups is 1. The predicted octanol–water partition coefficient (Wildman–Crippen LogP) is 13.5. The lowest BCUT2D eigenvalue weighted by molar-refractivity contribution is 0.276. The fourth-order valence-corrected chi connectivity index (χ4v) is 11.2. The molecule has 0 spiro atoms. The maximum Gasteiger partial charge on any atom is 0.235 e. The zero-order valence-electron chi connectivity index (χ0n) is 40.5. The van der Waals surface area contributed by atoms with E-state index in [-0.39, 0.29) is 17.6 Å². The van der Waals surface area contributed by atoms with Crippen LogP contribution in [0.15, 0.2) is 239 Å². The molecule has 6 aromatic carbocycles. The Morgan fingerprint density at radius 3 is 2.32 bits per heavy atom. The van der Waals surface area contributed by atoms with Crippen molar-refractivity contribution in [1.82, 2.24) is 20.6 Å². The summed E-state index contributed by atoms with van der Waals surface area (Å²) in [6.45, 7) is 2.05. The third-order valence-electron chi connectivity index (χ3n) is 14.5. The van der Waals surface area contributed by atoms with Crippen LogP contribution in [-0.2, 0) is 4.74 Å². The van der Waals surface area contributed by atoms with Gasteiger partial charge in [-0.3, -0.25) is 9.80 Å². The molecule has 0 radical (unpaired) electrons. The van der Waals surface area contributed by atoms with Crippen molar-refractivity contribution in [1.29, 1.82) is 0 Å². The zero-order chi connectivity index (χ0) is 49.0. The zero-order valence-corrected chi connectivity index (χ0v) is 40.5. The lowest BCUT2D eigenvalue weighted by Crippen LogP contribution is -2.41. The molecule has 0 bridgehead atoms. The van der Waals surface area contributed by atoms with E-state index in [1.54, 1.807) is 7.11 Å². The molecular weight excluding hydrogens is 901 g/mol. The SMILES string of the molecule is C/C=C\CC/C=C/N(C1=Nc2ccc(C3=C(O)C(C4C=CC5=C6C(=CC=CC64)NC(=c4ccc6nc(N(C7=CCCC=C7)c7ccccc7)nc7cccc4c76)N5)=C3OC)c3cccc(c23)N1)c1ccccc1. The topological polar surface area (TPSA) is 110 Å². The Labute approximate surface area is 423 Å². The lowest BCUT2D eigenvalue weighted by atomic mass is 9.69. The maximum atomic E-state index is 12.3. The number of aromatic nitrogens is 2. The number of unbranched alkanes of at least 4 members (excludes halogenated alkanes) is 1. The summed E-state index contributed by atoms with van der Waals surface area (Å²) in [5, 5.41) is 28.6. The van der Waals surface area contributed by atoms with E-state index in [9.17, 15) is 5.11 Å². The molecule has 73 heavy (non-hydrogen) atoms. The summed E-state index contributed by atoms with van der Waals surface area (Å²) >= 11 is 0. The van der Waals surface area contributed by atoms with Gasteiger partial charge in [-0.25, -0.2) is 15.0 Å². The Balaban J connectivity index is 0.813. The number of nitrogens with zero attached hydrogens (tertiary/aromatic N) is 5. The van der Waals surface area contributed by atoms with E-state index in [0.29, 0.717) is 23.2 Å². The molecule has 0 fully saturated rings. The van der Waals surface area contributed by atoms with Crippen molar-refractivity contribution in [2.75, 3.05) is 22.2 Å². The van der Waals surface area contributed by atoms with Crippen molar-refractivity contribution in [2.24, 2.45) is 16.8 Å². The number of hydrogen-bond donors (Lipinski definition) is 4. The van der Waals surface area contributed by atoms with E-state index in [4.69, 9.17) is 19.7 Å². The Morgan fingerprint density at radius 1 is 0.726 bits per heavy atom. The largest absolute Gasteiger partial charge is 0.507 e. The molecule has 2 aliphatic heterocycles. The van der Waals surface area contributed by atoms with E-state index in [1.807, 2.05) is 31.2 Å². The molecular formula is C63H52N8O2. The number of rotatable bonds is 11. The Morgan fingerprint density at radius 2 is 1.51 bits per heavy atom. The molecule has 2 atom stereocenters. The van der Waals surface area contributed by atoms with Gasteiger partial charge in [-0.1, -0.05) is 115 Å². The minimum atomic E-state index is -0.170. The fraction of sp³-hybridized carbons (Fsp3) is 0.127. The number of aliphatic hydroxyl groups is 1. The van der Waals surface area contributed by atoms with Crippen LogP contribution in [0.2, 0.25) is 0 Å². The minimum absolute atomic E-state index is 0.0621. The lowest BCUT2D eigenvalue weighted by Gasteiger charge is -2.41. The third-order valence-corrected chi connectivity index (χ3v) is 14.5. The number of aliphatic imine (C=N–C) groups is 1. The molecule has 4 aliphatic carbocycles. The van der Waals surface area contributed by atoms with Crippen molar-refractivity contribution < 1.29 is 9.84 Å². The Bertz CT molecular complexity index is 3830. The monoisotopic (exact) mass is 952 g/mol. The molecule has 10 nitrogen and oxygen atoms in total.